The van der Waals surface area contributed by atoms with E-state index in [1.54, 1.807) is 16.7 Å². The van der Waals surface area contributed by atoms with E-state index in [2.05, 4.69) is 5.32 Å². The number of thioether (sulfide) groups is 1. The topological polar surface area (TPSA) is 104 Å². The number of carboxylic acid groups (broad SMARTS) is 1. The monoisotopic (exact) mass is 324 g/mol. The number of nitrogens with zero attached hydrogens (tertiary/aromatic N) is 1. The molecule has 1 fully saturated rings. The van der Waals surface area contributed by atoms with Gasteiger partial charge >= 0.3 is 12.0 Å². The summed E-state index contributed by atoms with van der Waals surface area (Å²) in [4.78, 5) is 24.6. The predicted molar refractivity (Wildman–Crippen MR) is 77.8 cm³/mol. The van der Waals surface area contributed by atoms with Gasteiger partial charge in [-0.25, -0.2) is 18.0 Å². The standard InChI is InChI=1S/C11H20N2O5S2/c1-20(17,18)8-3-9(10(14)15)12-11(16)13-4-2-6-19-7-5-13/h9H,2-8H2,1H3,(H,12,16)(H,14,15). The molecule has 0 radical (unpaired) electrons. The molecule has 0 bridgehead atoms. The number of sulfone groups is 1. The molecule has 1 saturated heterocycles. The number of hydrogen-bond donors (Lipinski definition) is 2. The van der Waals surface area contributed by atoms with Crippen LogP contribution in [0.1, 0.15) is 12.8 Å². The number of carbonyl (C=O) groups is 2. The fourth-order valence-electron chi connectivity index (χ4n) is 1.78. The molecular formula is C11H20N2O5S2. The zero-order valence-corrected chi connectivity index (χ0v) is 13.0. The van der Waals surface area contributed by atoms with Crippen LogP contribution in [0.15, 0.2) is 0 Å². The lowest BCUT2D eigenvalue weighted by Gasteiger charge is -2.23. The number of urea groups is 1. The van der Waals surface area contributed by atoms with Gasteiger partial charge in [-0.05, 0) is 18.6 Å². The van der Waals surface area contributed by atoms with Crippen LogP contribution in [-0.2, 0) is 14.6 Å². The smallest absolute Gasteiger partial charge is 0.326 e. The number of carbonyl (C=O) groups excluding carboxylic acids is 1. The molecule has 20 heavy (non-hydrogen) atoms. The van der Waals surface area contributed by atoms with Crippen molar-refractivity contribution in [3.63, 3.8) is 0 Å². The fourth-order valence-corrected chi connectivity index (χ4v) is 3.33. The molecule has 1 atom stereocenters. The zero-order valence-electron chi connectivity index (χ0n) is 11.4. The normalized spacial score (nSPS) is 18.1. The van der Waals surface area contributed by atoms with Crippen molar-refractivity contribution >= 4 is 33.6 Å². The first-order chi connectivity index (χ1) is 9.29. The fraction of sp³-hybridized carbons (Fsp3) is 0.818. The predicted octanol–water partition coefficient (Wildman–Crippen LogP) is 0.0228. The Balaban J connectivity index is 2.55. The van der Waals surface area contributed by atoms with Crippen LogP contribution in [0.3, 0.4) is 0 Å². The summed E-state index contributed by atoms with van der Waals surface area (Å²) >= 11 is 1.76. The maximum absolute atomic E-state index is 12.0. The lowest BCUT2D eigenvalue weighted by molar-refractivity contribution is -0.139. The van der Waals surface area contributed by atoms with Gasteiger partial charge < -0.3 is 15.3 Å². The molecule has 0 spiro atoms. The molecule has 2 N–H and O–H groups in total. The van der Waals surface area contributed by atoms with Crippen LogP contribution >= 0.6 is 11.8 Å². The van der Waals surface area contributed by atoms with Gasteiger partial charge in [0, 0.05) is 25.1 Å². The molecule has 1 aliphatic rings. The van der Waals surface area contributed by atoms with Gasteiger partial charge in [-0.3, -0.25) is 0 Å². The van der Waals surface area contributed by atoms with E-state index in [4.69, 9.17) is 5.11 Å². The molecule has 1 aliphatic heterocycles. The quantitative estimate of drug-likeness (QED) is 0.739. The maximum Gasteiger partial charge on any atom is 0.326 e. The second-order valence-electron chi connectivity index (χ2n) is 4.71. The van der Waals surface area contributed by atoms with Crippen molar-refractivity contribution in [2.24, 2.45) is 0 Å². The summed E-state index contributed by atoms with van der Waals surface area (Å²) in [7, 11) is -3.25. The summed E-state index contributed by atoms with van der Waals surface area (Å²) in [6, 6.07) is -1.61. The van der Waals surface area contributed by atoms with Crippen molar-refractivity contribution in [1.82, 2.24) is 10.2 Å². The molecule has 0 aromatic heterocycles. The molecular weight excluding hydrogens is 304 g/mol. The van der Waals surface area contributed by atoms with Crippen molar-refractivity contribution in [1.29, 1.82) is 0 Å². The highest BCUT2D eigenvalue weighted by molar-refractivity contribution is 7.99. The summed E-state index contributed by atoms with van der Waals surface area (Å²) in [5, 5.41) is 11.4. The Bertz CT molecular complexity index is 444. The number of hydrogen-bond acceptors (Lipinski definition) is 5. The van der Waals surface area contributed by atoms with Gasteiger partial charge in [0.1, 0.15) is 15.9 Å². The van der Waals surface area contributed by atoms with Crippen molar-refractivity contribution in [3.05, 3.63) is 0 Å². The molecule has 0 saturated carbocycles. The van der Waals surface area contributed by atoms with E-state index in [9.17, 15) is 18.0 Å². The highest BCUT2D eigenvalue weighted by atomic mass is 32.2. The molecule has 7 nitrogen and oxygen atoms in total. The van der Waals surface area contributed by atoms with Gasteiger partial charge in [-0.1, -0.05) is 0 Å². The molecule has 1 heterocycles. The molecule has 116 valence electrons. The van der Waals surface area contributed by atoms with Crippen LogP contribution in [-0.4, -0.2) is 73.1 Å². The van der Waals surface area contributed by atoms with Gasteiger partial charge in [0.25, 0.3) is 0 Å². The third-order valence-corrected chi connectivity index (χ3v) is 4.91. The summed E-state index contributed by atoms with van der Waals surface area (Å²) < 4.78 is 22.1. The number of nitrogens with one attached hydrogen (secondary N) is 1. The van der Waals surface area contributed by atoms with Crippen LogP contribution in [0.2, 0.25) is 0 Å². The molecule has 1 rings (SSSR count). The Morgan fingerprint density at radius 1 is 1.35 bits per heavy atom. The van der Waals surface area contributed by atoms with Crippen molar-refractivity contribution in [3.8, 4) is 0 Å². The molecule has 0 aliphatic carbocycles. The van der Waals surface area contributed by atoms with Crippen LogP contribution in [0.4, 0.5) is 4.79 Å². The molecule has 2 amide bonds. The minimum atomic E-state index is -3.25. The Kier molecular flexibility index (Phi) is 6.60. The largest absolute Gasteiger partial charge is 0.480 e. The van der Waals surface area contributed by atoms with Gasteiger partial charge in [0.15, 0.2) is 0 Å². The van der Waals surface area contributed by atoms with E-state index in [0.717, 1.165) is 24.2 Å². The van der Waals surface area contributed by atoms with Crippen molar-refractivity contribution < 1.29 is 23.1 Å². The number of rotatable bonds is 5. The first kappa shape index (κ1) is 17.1. The van der Waals surface area contributed by atoms with Crippen molar-refractivity contribution in [2.45, 2.75) is 18.9 Å². The minimum absolute atomic E-state index is 0.123. The second-order valence-corrected chi connectivity index (χ2v) is 8.20. The van der Waals surface area contributed by atoms with E-state index in [1.165, 1.54) is 0 Å². The summed E-state index contributed by atoms with van der Waals surface area (Å²) in [5.41, 5.74) is 0. The summed E-state index contributed by atoms with van der Waals surface area (Å²) in [5.74, 6) is 0.334. The number of aliphatic carboxylic acids is 1. The van der Waals surface area contributed by atoms with Crippen LogP contribution in [0.25, 0.3) is 0 Å². The van der Waals surface area contributed by atoms with Crippen LogP contribution < -0.4 is 5.32 Å². The molecule has 1 unspecified atom stereocenters. The first-order valence-electron chi connectivity index (χ1n) is 6.33. The lowest BCUT2D eigenvalue weighted by Crippen LogP contribution is -2.49. The van der Waals surface area contributed by atoms with Crippen LogP contribution in [0, 0.1) is 0 Å². The Morgan fingerprint density at radius 2 is 2.05 bits per heavy atom. The first-order valence-corrected chi connectivity index (χ1v) is 9.55. The van der Waals surface area contributed by atoms with Gasteiger partial charge in [-0.15, -0.1) is 0 Å². The van der Waals surface area contributed by atoms with E-state index in [1.807, 2.05) is 0 Å². The molecule has 9 heteroatoms. The Morgan fingerprint density at radius 3 is 2.65 bits per heavy atom. The zero-order chi connectivity index (χ0) is 15.2. The Hall–Kier alpha value is -0.960. The third-order valence-electron chi connectivity index (χ3n) is 2.88. The molecule has 0 aromatic rings. The number of amides is 2. The lowest BCUT2D eigenvalue weighted by atomic mass is 10.2. The SMILES string of the molecule is CS(=O)(=O)CCC(NC(=O)N1CCCSCC1)C(=O)O. The average Bonchev–Trinajstić information content (AvgIpc) is 2.61. The van der Waals surface area contributed by atoms with E-state index in [0.29, 0.717) is 13.1 Å². The van der Waals surface area contributed by atoms with Crippen molar-refractivity contribution in [2.75, 3.05) is 36.6 Å². The van der Waals surface area contributed by atoms with E-state index >= 15 is 0 Å². The van der Waals surface area contributed by atoms with Gasteiger partial charge in [0.2, 0.25) is 0 Å². The van der Waals surface area contributed by atoms with Crippen LogP contribution in [0.5, 0.6) is 0 Å². The molecule has 0 aromatic carbocycles. The second kappa shape index (κ2) is 7.72. The number of carboxylic acids is 1. The maximum atomic E-state index is 12.0. The average molecular weight is 324 g/mol. The van der Waals surface area contributed by atoms with E-state index in [-0.39, 0.29) is 12.2 Å². The van der Waals surface area contributed by atoms with Gasteiger partial charge in [0.05, 0.1) is 5.75 Å². The van der Waals surface area contributed by atoms with E-state index < -0.39 is 27.9 Å². The minimum Gasteiger partial charge on any atom is -0.480 e. The summed E-state index contributed by atoms with van der Waals surface area (Å²) in [6.07, 6.45) is 1.79. The summed E-state index contributed by atoms with van der Waals surface area (Å²) in [6.45, 7) is 1.17. The third kappa shape index (κ3) is 6.47. The van der Waals surface area contributed by atoms with Gasteiger partial charge in [-0.2, -0.15) is 11.8 Å². The highest BCUT2D eigenvalue weighted by Gasteiger charge is 2.24. The Labute approximate surface area is 123 Å². The highest BCUT2D eigenvalue weighted by Crippen LogP contribution is 2.10.